The van der Waals surface area contributed by atoms with Gasteiger partial charge < -0.3 is 13.9 Å². The Hall–Kier alpha value is -2.53. The monoisotopic (exact) mass is 512 g/mol. The summed E-state index contributed by atoms with van der Waals surface area (Å²) in [5.74, 6) is 1.62. The van der Waals surface area contributed by atoms with Gasteiger partial charge in [-0.2, -0.15) is 0 Å². The van der Waals surface area contributed by atoms with Gasteiger partial charge in [-0.1, -0.05) is 82.2 Å². The molecule has 0 amide bonds. The van der Waals surface area contributed by atoms with E-state index in [9.17, 15) is 4.79 Å². The lowest BCUT2D eigenvalue weighted by Gasteiger charge is -2.17. The van der Waals surface area contributed by atoms with Gasteiger partial charge in [0.05, 0.1) is 17.3 Å². The molecule has 1 aromatic heterocycles. The second-order valence-corrected chi connectivity index (χ2v) is 8.96. The van der Waals surface area contributed by atoms with Crippen LogP contribution in [0.15, 0.2) is 63.7 Å². The summed E-state index contributed by atoms with van der Waals surface area (Å²) >= 11 is 3.69. The Labute approximate surface area is 205 Å². The summed E-state index contributed by atoms with van der Waals surface area (Å²) in [6, 6.07) is 15.6. The van der Waals surface area contributed by atoms with E-state index in [0.29, 0.717) is 24.7 Å². The third-order valence-corrected chi connectivity index (χ3v) is 6.42. The average Bonchev–Trinajstić information content (AvgIpc) is 3.32. The molecule has 0 aliphatic rings. The lowest BCUT2D eigenvalue weighted by Crippen LogP contribution is -2.03. The number of halogens is 1. The predicted octanol–water partition coefficient (Wildman–Crippen LogP) is 8.62. The molecule has 3 aromatic rings. The highest BCUT2D eigenvalue weighted by Gasteiger charge is 2.19. The molecule has 2 aromatic carbocycles. The number of rotatable bonds is 15. The van der Waals surface area contributed by atoms with Crippen molar-refractivity contribution in [2.75, 3.05) is 6.61 Å². The molecule has 176 valence electrons. The largest absolute Gasteiger partial charge is 0.490 e. The van der Waals surface area contributed by atoms with E-state index in [0.717, 1.165) is 33.9 Å². The maximum Gasteiger partial charge on any atom is 0.185 e. The SMILES string of the molecule is CCCCCCCCCCOc1ccc(-c2ccoc2C=O)c(Br)c1OCc1ccccc1. The number of ether oxygens (including phenoxy) is 2. The van der Waals surface area contributed by atoms with Gasteiger partial charge in [-0.05, 0) is 46.1 Å². The van der Waals surface area contributed by atoms with Crippen LogP contribution in [0.1, 0.15) is 74.4 Å². The molecule has 0 radical (unpaired) electrons. The highest BCUT2D eigenvalue weighted by molar-refractivity contribution is 9.10. The van der Waals surface area contributed by atoms with Crippen molar-refractivity contribution >= 4 is 22.2 Å². The highest BCUT2D eigenvalue weighted by atomic mass is 79.9. The molecule has 4 nitrogen and oxygen atoms in total. The smallest absolute Gasteiger partial charge is 0.185 e. The number of aldehydes is 1. The minimum absolute atomic E-state index is 0.289. The third-order valence-electron chi connectivity index (χ3n) is 5.63. The van der Waals surface area contributed by atoms with Gasteiger partial charge in [-0.25, -0.2) is 0 Å². The highest BCUT2D eigenvalue weighted by Crippen LogP contribution is 2.43. The Balaban J connectivity index is 1.67. The molecule has 1 heterocycles. The minimum atomic E-state index is 0.289. The van der Waals surface area contributed by atoms with Gasteiger partial charge in [0, 0.05) is 11.1 Å². The zero-order chi connectivity index (χ0) is 23.3. The first-order valence-corrected chi connectivity index (χ1v) is 12.7. The van der Waals surface area contributed by atoms with Gasteiger partial charge in [-0.15, -0.1) is 0 Å². The van der Waals surface area contributed by atoms with Crippen molar-refractivity contribution in [1.82, 2.24) is 0 Å². The second kappa shape index (κ2) is 13.9. The molecule has 0 atom stereocenters. The quantitative estimate of drug-likeness (QED) is 0.151. The Morgan fingerprint density at radius 1 is 0.848 bits per heavy atom. The fourth-order valence-corrected chi connectivity index (χ4v) is 4.43. The fraction of sp³-hybridized carbons (Fsp3) is 0.393. The Bertz CT molecular complexity index is 981. The molecule has 0 spiro atoms. The van der Waals surface area contributed by atoms with Crippen molar-refractivity contribution in [3.8, 4) is 22.6 Å². The normalized spacial score (nSPS) is 10.8. The van der Waals surface area contributed by atoms with Crippen molar-refractivity contribution in [1.29, 1.82) is 0 Å². The van der Waals surface area contributed by atoms with Gasteiger partial charge in [0.25, 0.3) is 0 Å². The van der Waals surface area contributed by atoms with E-state index in [1.54, 1.807) is 6.07 Å². The predicted molar refractivity (Wildman–Crippen MR) is 136 cm³/mol. The first kappa shape index (κ1) is 25.1. The number of hydrogen-bond acceptors (Lipinski definition) is 4. The summed E-state index contributed by atoms with van der Waals surface area (Å²) in [6.45, 7) is 3.31. The van der Waals surface area contributed by atoms with Gasteiger partial charge in [0.1, 0.15) is 6.61 Å². The molecule has 0 bridgehead atoms. The number of benzene rings is 2. The van der Waals surface area contributed by atoms with Crippen molar-refractivity contribution in [2.45, 2.75) is 64.9 Å². The fourth-order valence-electron chi connectivity index (χ4n) is 3.78. The van der Waals surface area contributed by atoms with E-state index >= 15 is 0 Å². The molecule has 33 heavy (non-hydrogen) atoms. The van der Waals surface area contributed by atoms with E-state index < -0.39 is 0 Å². The van der Waals surface area contributed by atoms with Gasteiger partial charge in [-0.3, -0.25) is 4.79 Å². The van der Waals surface area contributed by atoms with Crippen LogP contribution < -0.4 is 9.47 Å². The lowest BCUT2D eigenvalue weighted by atomic mass is 10.1. The molecule has 3 rings (SSSR count). The van der Waals surface area contributed by atoms with Gasteiger partial charge in [0.15, 0.2) is 23.5 Å². The van der Waals surface area contributed by atoms with Gasteiger partial charge in [0.2, 0.25) is 0 Å². The van der Waals surface area contributed by atoms with Crippen molar-refractivity contribution in [3.63, 3.8) is 0 Å². The van der Waals surface area contributed by atoms with Crippen LogP contribution in [0.25, 0.3) is 11.1 Å². The number of carbonyl (C=O) groups excluding carboxylic acids is 1. The Kier molecular flexibility index (Phi) is 10.6. The molecule has 0 saturated carbocycles. The van der Waals surface area contributed by atoms with Crippen LogP contribution in [0.3, 0.4) is 0 Å². The zero-order valence-electron chi connectivity index (χ0n) is 19.4. The van der Waals surface area contributed by atoms with Crippen molar-refractivity contribution in [3.05, 3.63) is 70.6 Å². The zero-order valence-corrected chi connectivity index (χ0v) is 20.9. The maximum absolute atomic E-state index is 11.4. The van der Waals surface area contributed by atoms with Crippen LogP contribution in [0.4, 0.5) is 0 Å². The van der Waals surface area contributed by atoms with Gasteiger partial charge >= 0.3 is 0 Å². The number of furan rings is 1. The van der Waals surface area contributed by atoms with Crippen LogP contribution >= 0.6 is 15.9 Å². The first-order valence-electron chi connectivity index (χ1n) is 11.9. The van der Waals surface area contributed by atoms with Crippen LogP contribution in [-0.2, 0) is 6.61 Å². The summed E-state index contributed by atoms with van der Waals surface area (Å²) in [7, 11) is 0. The van der Waals surface area contributed by atoms with E-state index in [-0.39, 0.29) is 5.76 Å². The van der Waals surface area contributed by atoms with Crippen molar-refractivity contribution in [2.24, 2.45) is 0 Å². The lowest BCUT2D eigenvalue weighted by molar-refractivity contribution is 0.110. The minimum Gasteiger partial charge on any atom is -0.490 e. The number of hydrogen-bond donors (Lipinski definition) is 0. The molecule has 0 aliphatic heterocycles. The van der Waals surface area contributed by atoms with Crippen LogP contribution in [0.5, 0.6) is 11.5 Å². The molecular formula is C28H33BrO4. The molecular weight excluding hydrogens is 480 g/mol. The summed E-state index contributed by atoms with van der Waals surface area (Å²) in [6.07, 6.45) is 12.3. The molecule has 0 aliphatic carbocycles. The summed E-state index contributed by atoms with van der Waals surface area (Å²) in [4.78, 5) is 11.4. The Morgan fingerprint density at radius 3 is 2.30 bits per heavy atom. The number of unbranched alkanes of at least 4 members (excludes halogenated alkanes) is 7. The first-order chi connectivity index (χ1) is 16.2. The molecule has 0 saturated heterocycles. The van der Waals surface area contributed by atoms with Crippen LogP contribution in [-0.4, -0.2) is 12.9 Å². The van der Waals surface area contributed by atoms with E-state index in [1.807, 2.05) is 42.5 Å². The Morgan fingerprint density at radius 2 is 1.58 bits per heavy atom. The van der Waals surface area contributed by atoms with Crippen molar-refractivity contribution < 1.29 is 18.7 Å². The van der Waals surface area contributed by atoms with E-state index in [4.69, 9.17) is 13.9 Å². The van der Waals surface area contributed by atoms with Crippen LogP contribution in [0, 0.1) is 0 Å². The molecule has 5 heteroatoms. The van der Waals surface area contributed by atoms with E-state index in [1.165, 1.54) is 51.2 Å². The average molecular weight is 513 g/mol. The summed E-state index contributed by atoms with van der Waals surface area (Å²) in [5, 5.41) is 0. The van der Waals surface area contributed by atoms with E-state index in [2.05, 4.69) is 22.9 Å². The molecule has 0 fully saturated rings. The van der Waals surface area contributed by atoms with Crippen LogP contribution in [0.2, 0.25) is 0 Å². The number of carbonyl (C=O) groups is 1. The third kappa shape index (κ3) is 7.50. The maximum atomic E-state index is 11.4. The second-order valence-electron chi connectivity index (χ2n) is 8.17. The topological polar surface area (TPSA) is 48.7 Å². The molecule has 0 unspecified atom stereocenters. The summed E-state index contributed by atoms with van der Waals surface area (Å²) in [5.41, 5.74) is 2.62. The summed E-state index contributed by atoms with van der Waals surface area (Å²) < 4.78 is 18.4. The standard InChI is InChI=1S/C28H33BrO4/c1-2-3-4-5-6-7-8-12-18-31-25-16-15-24(23-17-19-32-26(23)20-30)27(29)28(25)33-21-22-13-10-9-11-14-22/h9-11,13-17,19-20H,2-8,12,18,21H2,1H3. The molecule has 0 N–H and O–H groups in total.